The zero-order valence-corrected chi connectivity index (χ0v) is 16.1. The molecule has 0 fully saturated rings. The number of carbonyl (C=O) groups excluding carboxylic acids is 2. The van der Waals surface area contributed by atoms with Crippen molar-refractivity contribution in [2.45, 2.75) is 33.1 Å². The van der Waals surface area contributed by atoms with Crippen molar-refractivity contribution in [2.24, 2.45) is 0 Å². The van der Waals surface area contributed by atoms with Crippen molar-refractivity contribution in [1.82, 2.24) is 4.98 Å². The molecule has 0 atom stereocenters. The monoisotopic (exact) mass is 381 g/mol. The minimum absolute atomic E-state index is 0.0180. The van der Waals surface area contributed by atoms with Gasteiger partial charge in [0.15, 0.2) is 5.78 Å². The molecule has 0 saturated carbocycles. The smallest absolute Gasteiger partial charge is 0.169 e. The molecule has 2 aromatic carbocycles. The molecule has 3 rings (SSSR count). The first-order valence-corrected chi connectivity index (χ1v) is 9.54. The van der Waals surface area contributed by atoms with Gasteiger partial charge in [-0.2, -0.15) is 0 Å². The summed E-state index contributed by atoms with van der Waals surface area (Å²) in [4.78, 5) is 29.1. The first-order chi connectivity index (χ1) is 12.9. The summed E-state index contributed by atoms with van der Waals surface area (Å²) < 4.78 is 13.9. The van der Waals surface area contributed by atoms with Crippen molar-refractivity contribution in [2.75, 3.05) is 0 Å². The Bertz CT molecular complexity index is 976. The highest BCUT2D eigenvalue weighted by Gasteiger charge is 2.14. The lowest BCUT2D eigenvalue weighted by Crippen LogP contribution is -2.04. The van der Waals surface area contributed by atoms with E-state index in [2.05, 4.69) is 4.98 Å². The highest BCUT2D eigenvalue weighted by molar-refractivity contribution is 7.11. The van der Waals surface area contributed by atoms with E-state index < -0.39 is 0 Å². The number of carbonyl (C=O) groups is 2. The average Bonchev–Trinajstić information content (AvgIpc) is 2.96. The van der Waals surface area contributed by atoms with Crippen LogP contribution in [0.15, 0.2) is 48.5 Å². The highest BCUT2D eigenvalue weighted by Crippen LogP contribution is 2.24. The molecule has 0 aliphatic heterocycles. The lowest BCUT2D eigenvalue weighted by molar-refractivity contribution is -0.116. The van der Waals surface area contributed by atoms with E-state index in [1.54, 1.807) is 31.2 Å². The number of Topliss-reactive ketones (excluding diaryl/α,β-unsaturated/α-hetero) is 2. The van der Waals surface area contributed by atoms with Crippen LogP contribution in [0.2, 0.25) is 0 Å². The number of rotatable bonds is 7. The molecule has 27 heavy (non-hydrogen) atoms. The normalized spacial score (nSPS) is 10.8. The molecule has 3 nitrogen and oxygen atoms in total. The number of aryl methyl sites for hydroxylation is 1. The van der Waals surface area contributed by atoms with Crippen LogP contribution in [0.3, 0.4) is 0 Å². The Morgan fingerprint density at radius 3 is 2.41 bits per heavy atom. The van der Waals surface area contributed by atoms with Gasteiger partial charge >= 0.3 is 0 Å². The summed E-state index contributed by atoms with van der Waals surface area (Å²) in [6.07, 6.45) is 1.07. The molecule has 0 N–H and O–H groups in total. The van der Waals surface area contributed by atoms with Crippen molar-refractivity contribution in [3.05, 3.63) is 86.6 Å². The standard InChI is InChI=1S/C22H20FNO2S/c1-14(25)11-16-7-9-17(10-8-16)20(26)13-22-24-15(2)21(27-22)12-18-5-3-4-6-19(18)23/h3-10H,11-13H2,1-2H3. The topological polar surface area (TPSA) is 47.0 Å². The summed E-state index contributed by atoms with van der Waals surface area (Å²) in [7, 11) is 0. The number of benzene rings is 2. The van der Waals surface area contributed by atoms with Gasteiger partial charge in [-0.15, -0.1) is 11.3 Å². The summed E-state index contributed by atoms with van der Waals surface area (Å²) >= 11 is 1.45. The van der Waals surface area contributed by atoms with Gasteiger partial charge in [0.1, 0.15) is 16.6 Å². The summed E-state index contributed by atoms with van der Waals surface area (Å²) in [5.74, 6) is -0.154. The Kier molecular flexibility index (Phi) is 5.91. The quantitative estimate of drug-likeness (QED) is 0.556. The average molecular weight is 381 g/mol. The molecule has 3 aromatic rings. The number of thiazole rings is 1. The lowest BCUT2D eigenvalue weighted by Gasteiger charge is -2.02. The number of hydrogen-bond donors (Lipinski definition) is 0. The molecular weight excluding hydrogens is 361 g/mol. The van der Waals surface area contributed by atoms with Gasteiger partial charge in [0.05, 0.1) is 12.1 Å². The number of nitrogens with zero attached hydrogens (tertiary/aromatic N) is 1. The van der Waals surface area contributed by atoms with E-state index in [0.29, 0.717) is 24.0 Å². The van der Waals surface area contributed by atoms with Gasteiger partial charge < -0.3 is 0 Å². The fourth-order valence-corrected chi connectivity index (χ4v) is 3.97. The maximum atomic E-state index is 13.9. The fraction of sp³-hybridized carbons (Fsp3) is 0.227. The van der Waals surface area contributed by atoms with Crippen molar-refractivity contribution in [3.63, 3.8) is 0 Å². The van der Waals surface area contributed by atoms with E-state index in [1.165, 1.54) is 17.4 Å². The fourth-order valence-electron chi connectivity index (χ4n) is 2.88. The molecule has 5 heteroatoms. The van der Waals surface area contributed by atoms with E-state index in [0.717, 1.165) is 21.1 Å². The van der Waals surface area contributed by atoms with Gasteiger partial charge in [-0.05, 0) is 31.0 Å². The Balaban J connectivity index is 1.70. The molecule has 0 spiro atoms. The summed E-state index contributed by atoms with van der Waals surface area (Å²) in [6, 6.07) is 13.8. The number of halogens is 1. The highest BCUT2D eigenvalue weighted by atomic mass is 32.1. The summed E-state index contributed by atoms with van der Waals surface area (Å²) in [5, 5.41) is 0.733. The van der Waals surface area contributed by atoms with Crippen molar-refractivity contribution in [3.8, 4) is 0 Å². The van der Waals surface area contributed by atoms with Crippen LogP contribution in [0.25, 0.3) is 0 Å². The van der Waals surface area contributed by atoms with Crippen LogP contribution in [0.4, 0.5) is 4.39 Å². The van der Waals surface area contributed by atoms with Gasteiger partial charge in [0.25, 0.3) is 0 Å². The van der Waals surface area contributed by atoms with Crippen LogP contribution in [-0.2, 0) is 24.1 Å². The predicted molar refractivity (Wildman–Crippen MR) is 105 cm³/mol. The van der Waals surface area contributed by atoms with E-state index in [-0.39, 0.29) is 23.8 Å². The second-order valence-corrected chi connectivity index (χ2v) is 7.73. The zero-order valence-electron chi connectivity index (χ0n) is 15.3. The van der Waals surface area contributed by atoms with E-state index in [4.69, 9.17) is 0 Å². The third-order valence-electron chi connectivity index (χ3n) is 4.29. The SMILES string of the molecule is CC(=O)Cc1ccc(C(=O)Cc2nc(C)c(Cc3ccccc3F)s2)cc1. The third kappa shape index (κ3) is 4.95. The number of aromatic nitrogens is 1. The number of ketones is 2. The Morgan fingerprint density at radius 1 is 1.04 bits per heavy atom. The summed E-state index contributed by atoms with van der Waals surface area (Å²) in [5.41, 5.74) is 2.97. The van der Waals surface area contributed by atoms with Crippen LogP contribution in [0, 0.1) is 12.7 Å². The minimum Gasteiger partial charge on any atom is -0.300 e. The van der Waals surface area contributed by atoms with Gasteiger partial charge in [0, 0.05) is 23.3 Å². The first-order valence-electron chi connectivity index (χ1n) is 8.72. The van der Waals surface area contributed by atoms with Crippen molar-refractivity contribution in [1.29, 1.82) is 0 Å². The third-order valence-corrected chi connectivity index (χ3v) is 5.44. The molecule has 0 aliphatic rings. The lowest BCUT2D eigenvalue weighted by atomic mass is 10.0. The van der Waals surface area contributed by atoms with Crippen LogP contribution in [0.5, 0.6) is 0 Å². The van der Waals surface area contributed by atoms with Crippen LogP contribution >= 0.6 is 11.3 Å². The van der Waals surface area contributed by atoms with Gasteiger partial charge in [0.2, 0.25) is 0 Å². The molecule has 0 bridgehead atoms. The molecule has 0 radical (unpaired) electrons. The molecule has 1 aromatic heterocycles. The van der Waals surface area contributed by atoms with Gasteiger partial charge in [-0.1, -0.05) is 42.5 Å². The maximum Gasteiger partial charge on any atom is 0.169 e. The number of hydrogen-bond acceptors (Lipinski definition) is 4. The van der Waals surface area contributed by atoms with E-state index >= 15 is 0 Å². The Hall–Kier alpha value is -2.66. The van der Waals surface area contributed by atoms with Crippen LogP contribution in [-0.4, -0.2) is 16.6 Å². The van der Waals surface area contributed by atoms with Crippen molar-refractivity contribution < 1.29 is 14.0 Å². The zero-order chi connectivity index (χ0) is 19.4. The molecule has 1 heterocycles. The Labute approximate surface area is 161 Å². The molecule has 138 valence electrons. The molecule has 0 unspecified atom stereocenters. The second kappa shape index (κ2) is 8.35. The van der Waals surface area contributed by atoms with E-state index in [9.17, 15) is 14.0 Å². The summed E-state index contributed by atoms with van der Waals surface area (Å²) in [6.45, 7) is 3.43. The second-order valence-electron chi connectivity index (χ2n) is 6.56. The largest absolute Gasteiger partial charge is 0.300 e. The molecule has 0 aliphatic carbocycles. The maximum absolute atomic E-state index is 13.9. The molecular formula is C22H20FNO2S. The minimum atomic E-state index is -0.228. The van der Waals surface area contributed by atoms with Crippen LogP contribution in [0.1, 0.15) is 44.0 Å². The van der Waals surface area contributed by atoms with Crippen LogP contribution < -0.4 is 0 Å². The molecule has 0 saturated heterocycles. The van der Waals surface area contributed by atoms with E-state index in [1.807, 2.05) is 25.1 Å². The Morgan fingerprint density at radius 2 is 1.74 bits per heavy atom. The van der Waals surface area contributed by atoms with Gasteiger partial charge in [-0.3, -0.25) is 9.59 Å². The van der Waals surface area contributed by atoms with Gasteiger partial charge in [-0.25, -0.2) is 9.37 Å². The molecule has 0 amide bonds. The first kappa shape index (κ1) is 19.1. The predicted octanol–water partition coefficient (Wildman–Crippen LogP) is 4.74. The van der Waals surface area contributed by atoms with Crippen molar-refractivity contribution >= 4 is 22.9 Å².